The summed E-state index contributed by atoms with van der Waals surface area (Å²) in [6, 6.07) is 8.62. The van der Waals surface area contributed by atoms with Gasteiger partial charge in [0.25, 0.3) is 0 Å². The summed E-state index contributed by atoms with van der Waals surface area (Å²) < 4.78 is 6.83. The van der Waals surface area contributed by atoms with E-state index in [2.05, 4.69) is 34.7 Å². The largest absolute Gasteiger partial charge is 0.383 e. The van der Waals surface area contributed by atoms with Crippen LogP contribution < -0.4 is 5.32 Å². The van der Waals surface area contributed by atoms with Crippen molar-refractivity contribution in [3.63, 3.8) is 0 Å². The molecule has 1 N–H and O–H groups in total. The SMILES string of the molecule is COCCn1cc(NC(=O)C2CC23CCCc2ccccc23)cn1. The Labute approximate surface area is 142 Å². The number of benzene rings is 1. The van der Waals surface area contributed by atoms with Gasteiger partial charge in [-0.3, -0.25) is 9.48 Å². The Morgan fingerprint density at radius 2 is 2.33 bits per heavy atom. The van der Waals surface area contributed by atoms with Crippen molar-refractivity contribution >= 4 is 11.6 Å². The molecule has 2 aliphatic carbocycles. The van der Waals surface area contributed by atoms with E-state index in [1.54, 1.807) is 18.0 Å². The van der Waals surface area contributed by atoms with E-state index in [1.165, 1.54) is 17.5 Å². The van der Waals surface area contributed by atoms with Crippen LogP contribution in [0.1, 0.15) is 30.4 Å². The van der Waals surface area contributed by atoms with Crippen LogP contribution in [0.15, 0.2) is 36.7 Å². The van der Waals surface area contributed by atoms with Gasteiger partial charge in [-0.25, -0.2) is 0 Å². The Morgan fingerprint density at radius 1 is 1.46 bits per heavy atom. The quantitative estimate of drug-likeness (QED) is 0.919. The lowest BCUT2D eigenvalue weighted by Crippen LogP contribution is -2.24. The van der Waals surface area contributed by atoms with Gasteiger partial charge in [-0.05, 0) is 36.8 Å². The van der Waals surface area contributed by atoms with E-state index in [-0.39, 0.29) is 17.2 Å². The van der Waals surface area contributed by atoms with Gasteiger partial charge in [-0.15, -0.1) is 0 Å². The number of nitrogens with zero attached hydrogens (tertiary/aromatic N) is 2. The second-order valence-electron chi connectivity index (χ2n) is 6.90. The number of methoxy groups -OCH3 is 1. The van der Waals surface area contributed by atoms with Crippen molar-refractivity contribution < 1.29 is 9.53 Å². The van der Waals surface area contributed by atoms with Crippen LogP contribution in [-0.2, 0) is 27.9 Å². The predicted molar refractivity (Wildman–Crippen MR) is 91.9 cm³/mol. The minimum atomic E-state index is 0.0744. The first kappa shape index (κ1) is 15.4. The average Bonchev–Trinajstić information content (AvgIpc) is 3.14. The second-order valence-corrected chi connectivity index (χ2v) is 6.90. The summed E-state index contributed by atoms with van der Waals surface area (Å²) in [6.07, 6.45) is 7.97. The molecule has 1 heterocycles. The summed E-state index contributed by atoms with van der Waals surface area (Å²) in [7, 11) is 1.67. The first-order valence-corrected chi connectivity index (χ1v) is 8.63. The molecule has 1 aromatic carbocycles. The monoisotopic (exact) mass is 325 g/mol. The third-order valence-electron chi connectivity index (χ3n) is 5.44. The summed E-state index contributed by atoms with van der Waals surface area (Å²) in [5, 5.41) is 7.29. The number of nitrogens with one attached hydrogen (secondary N) is 1. The lowest BCUT2D eigenvalue weighted by Gasteiger charge is -2.26. The van der Waals surface area contributed by atoms with Crippen molar-refractivity contribution in [3.05, 3.63) is 47.8 Å². The molecule has 1 aromatic heterocycles. The molecule has 2 unspecified atom stereocenters. The van der Waals surface area contributed by atoms with Gasteiger partial charge in [0, 0.05) is 24.6 Å². The van der Waals surface area contributed by atoms with Crippen LogP contribution in [0.3, 0.4) is 0 Å². The van der Waals surface area contributed by atoms with E-state index in [0.717, 1.165) is 24.9 Å². The van der Waals surface area contributed by atoms with Crippen LogP contribution in [-0.4, -0.2) is 29.4 Å². The molecule has 24 heavy (non-hydrogen) atoms. The fourth-order valence-corrected chi connectivity index (χ4v) is 4.14. The maximum absolute atomic E-state index is 12.7. The summed E-state index contributed by atoms with van der Waals surface area (Å²) in [5.41, 5.74) is 3.66. The van der Waals surface area contributed by atoms with Gasteiger partial charge < -0.3 is 10.1 Å². The molecule has 0 radical (unpaired) electrons. The summed E-state index contributed by atoms with van der Waals surface area (Å²) in [6.45, 7) is 1.30. The lowest BCUT2D eigenvalue weighted by molar-refractivity contribution is -0.117. The van der Waals surface area contributed by atoms with Crippen LogP contribution >= 0.6 is 0 Å². The Morgan fingerprint density at radius 3 is 3.21 bits per heavy atom. The van der Waals surface area contributed by atoms with Gasteiger partial charge in [0.15, 0.2) is 0 Å². The number of hydrogen-bond acceptors (Lipinski definition) is 3. The zero-order valence-electron chi connectivity index (χ0n) is 14.0. The molecule has 1 saturated carbocycles. The fraction of sp³-hybridized carbons (Fsp3) is 0.474. The predicted octanol–water partition coefficient (Wildman–Crippen LogP) is 2.76. The highest BCUT2D eigenvalue weighted by atomic mass is 16.5. The summed E-state index contributed by atoms with van der Waals surface area (Å²) in [4.78, 5) is 12.7. The summed E-state index contributed by atoms with van der Waals surface area (Å²) in [5.74, 6) is 0.208. The molecule has 4 rings (SSSR count). The highest BCUT2D eigenvalue weighted by Gasteiger charge is 2.60. The minimum Gasteiger partial charge on any atom is -0.383 e. The molecular formula is C19H23N3O2. The number of rotatable bonds is 5. The van der Waals surface area contributed by atoms with Gasteiger partial charge in [-0.1, -0.05) is 24.3 Å². The molecule has 126 valence electrons. The third kappa shape index (κ3) is 2.63. The van der Waals surface area contributed by atoms with E-state index in [1.807, 2.05) is 6.20 Å². The molecule has 1 fully saturated rings. The van der Waals surface area contributed by atoms with E-state index < -0.39 is 0 Å². The van der Waals surface area contributed by atoms with E-state index in [0.29, 0.717) is 13.2 Å². The molecular weight excluding hydrogens is 302 g/mol. The molecule has 1 amide bonds. The Balaban J connectivity index is 1.45. The van der Waals surface area contributed by atoms with Gasteiger partial charge in [0.05, 0.1) is 25.0 Å². The van der Waals surface area contributed by atoms with E-state index in [9.17, 15) is 4.79 Å². The standard InChI is InChI=1S/C19H23N3O2/c1-24-10-9-22-13-15(12-20-22)21-18(23)17-11-19(17)8-4-6-14-5-2-3-7-16(14)19/h2-3,5,7,12-13,17H,4,6,8-11H2,1H3,(H,21,23). The Kier molecular flexibility index (Phi) is 3.88. The van der Waals surface area contributed by atoms with Crippen LogP contribution in [0.4, 0.5) is 5.69 Å². The number of amides is 1. The van der Waals surface area contributed by atoms with Crippen molar-refractivity contribution in [2.75, 3.05) is 19.0 Å². The zero-order chi connectivity index (χ0) is 16.6. The normalized spacial score (nSPS) is 24.6. The first-order chi connectivity index (χ1) is 11.7. The van der Waals surface area contributed by atoms with Crippen molar-refractivity contribution in [3.8, 4) is 0 Å². The number of fused-ring (bicyclic) bond motifs is 2. The van der Waals surface area contributed by atoms with Crippen LogP contribution in [0.5, 0.6) is 0 Å². The fourth-order valence-electron chi connectivity index (χ4n) is 4.14. The number of aromatic nitrogens is 2. The molecule has 5 nitrogen and oxygen atoms in total. The van der Waals surface area contributed by atoms with Gasteiger partial charge in [0.2, 0.25) is 5.91 Å². The Hall–Kier alpha value is -2.14. The van der Waals surface area contributed by atoms with Crippen LogP contribution in [0.25, 0.3) is 0 Å². The first-order valence-electron chi connectivity index (χ1n) is 8.63. The van der Waals surface area contributed by atoms with Crippen LogP contribution in [0.2, 0.25) is 0 Å². The smallest absolute Gasteiger partial charge is 0.228 e. The highest BCUT2D eigenvalue weighted by Crippen LogP contribution is 2.60. The van der Waals surface area contributed by atoms with E-state index in [4.69, 9.17) is 4.74 Å². The average molecular weight is 325 g/mol. The van der Waals surface area contributed by atoms with Crippen molar-refractivity contribution in [1.29, 1.82) is 0 Å². The minimum absolute atomic E-state index is 0.0744. The molecule has 1 spiro atoms. The Bertz CT molecular complexity index is 755. The highest BCUT2D eigenvalue weighted by molar-refractivity contribution is 5.96. The molecule has 2 aliphatic rings. The zero-order valence-corrected chi connectivity index (χ0v) is 14.0. The number of carbonyl (C=O) groups excluding carboxylic acids is 1. The molecule has 0 aliphatic heterocycles. The number of anilines is 1. The maximum atomic E-state index is 12.7. The van der Waals surface area contributed by atoms with Crippen LogP contribution in [0, 0.1) is 5.92 Å². The molecule has 0 saturated heterocycles. The van der Waals surface area contributed by atoms with Crippen molar-refractivity contribution in [1.82, 2.24) is 9.78 Å². The van der Waals surface area contributed by atoms with E-state index >= 15 is 0 Å². The maximum Gasteiger partial charge on any atom is 0.228 e. The number of carbonyl (C=O) groups is 1. The number of aryl methyl sites for hydroxylation is 1. The van der Waals surface area contributed by atoms with Gasteiger partial charge in [0.1, 0.15) is 0 Å². The molecule has 2 aromatic rings. The molecule has 2 atom stereocenters. The number of ether oxygens (including phenoxy) is 1. The van der Waals surface area contributed by atoms with Gasteiger partial charge in [-0.2, -0.15) is 5.10 Å². The van der Waals surface area contributed by atoms with Crippen molar-refractivity contribution in [2.45, 2.75) is 37.6 Å². The number of hydrogen-bond donors (Lipinski definition) is 1. The summed E-state index contributed by atoms with van der Waals surface area (Å²) >= 11 is 0. The van der Waals surface area contributed by atoms with Gasteiger partial charge >= 0.3 is 0 Å². The van der Waals surface area contributed by atoms with Crippen molar-refractivity contribution in [2.24, 2.45) is 5.92 Å². The molecule has 0 bridgehead atoms. The molecule has 5 heteroatoms. The third-order valence-corrected chi connectivity index (χ3v) is 5.44. The topological polar surface area (TPSA) is 56.1 Å². The second kappa shape index (κ2) is 6.06. The lowest BCUT2D eigenvalue weighted by atomic mass is 9.78.